The highest BCUT2D eigenvalue weighted by Gasteiger charge is 2.32. The Bertz CT molecular complexity index is 991. The van der Waals surface area contributed by atoms with Crippen molar-refractivity contribution < 1.29 is 14.3 Å². The summed E-state index contributed by atoms with van der Waals surface area (Å²) in [5, 5.41) is 0. The largest absolute Gasteiger partial charge is 0.480 e. The molecular weight excluding hydrogens is 350 g/mol. The number of hydrogen-bond donors (Lipinski definition) is 1. The second-order valence-corrected chi connectivity index (χ2v) is 6.35. The van der Waals surface area contributed by atoms with Crippen molar-refractivity contribution in [3.05, 3.63) is 107 Å². The van der Waals surface area contributed by atoms with Gasteiger partial charge in [-0.15, -0.1) is 0 Å². The molecule has 4 nitrogen and oxygen atoms in total. The summed E-state index contributed by atoms with van der Waals surface area (Å²) in [5.74, 6) is 0.330. The lowest BCUT2D eigenvalue weighted by atomic mass is 9.89. The van der Waals surface area contributed by atoms with Gasteiger partial charge in [0.15, 0.2) is 11.9 Å². The van der Waals surface area contributed by atoms with E-state index in [-0.39, 0.29) is 11.7 Å². The number of benzene rings is 3. The third-order valence-electron chi connectivity index (χ3n) is 4.15. The number of carbonyl (C=O) groups is 2. The summed E-state index contributed by atoms with van der Waals surface area (Å²) < 4.78 is 6.18. The molecule has 1 atom stereocenters. The molecule has 2 N–H and O–H groups in total. The molecule has 1 aliphatic rings. The van der Waals surface area contributed by atoms with Crippen LogP contribution in [0.4, 0.5) is 0 Å². The van der Waals surface area contributed by atoms with Gasteiger partial charge in [0.1, 0.15) is 5.75 Å². The predicted molar refractivity (Wildman–Crippen MR) is 110 cm³/mol. The summed E-state index contributed by atoms with van der Waals surface area (Å²) in [5.41, 5.74) is 7.71. The molecule has 1 unspecified atom stereocenters. The lowest BCUT2D eigenvalue weighted by Gasteiger charge is -2.28. The third kappa shape index (κ3) is 4.54. The van der Waals surface area contributed by atoms with Crippen LogP contribution in [0.25, 0.3) is 6.08 Å². The summed E-state index contributed by atoms with van der Waals surface area (Å²) in [6.45, 7) is 1.31. The highest BCUT2D eigenvalue weighted by Crippen LogP contribution is 2.39. The van der Waals surface area contributed by atoms with Crippen molar-refractivity contribution in [2.24, 2.45) is 5.73 Å². The van der Waals surface area contributed by atoms with Crippen LogP contribution in [-0.4, -0.2) is 11.7 Å². The van der Waals surface area contributed by atoms with Crippen molar-refractivity contribution in [3.8, 4) is 5.75 Å². The van der Waals surface area contributed by atoms with Crippen molar-refractivity contribution in [1.82, 2.24) is 0 Å². The van der Waals surface area contributed by atoms with Gasteiger partial charge in [0.2, 0.25) is 5.91 Å². The van der Waals surface area contributed by atoms with Crippen LogP contribution in [0.15, 0.2) is 90.5 Å². The quantitative estimate of drug-likeness (QED) is 0.671. The van der Waals surface area contributed by atoms with Crippen molar-refractivity contribution in [2.45, 2.75) is 13.0 Å². The Morgan fingerprint density at radius 2 is 1.43 bits per heavy atom. The van der Waals surface area contributed by atoms with E-state index >= 15 is 0 Å². The van der Waals surface area contributed by atoms with Gasteiger partial charge in [-0.05, 0) is 29.3 Å². The molecule has 1 amide bonds. The molecule has 3 aromatic rings. The van der Waals surface area contributed by atoms with Crippen LogP contribution in [0.3, 0.4) is 0 Å². The maximum absolute atomic E-state index is 13.1. The minimum Gasteiger partial charge on any atom is -0.480 e. The number of para-hydroxylation sites is 1. The van der Waals surface area contributed by atoms with Crippen LogP contribution in [0, 0.1) is 0 Å². The smallest absolute Gasteiger partial charge is 0.214 e. The number of ether oxygens (including phenoxy) is 1. The number of rotatable bonds is 2. The molecule has 0 aliphatic carbocycles. The Morgan fingerprint density at radius 3 is 2.07 bits per heavy atom. The molecule has 4 rings (SSSR count). The first-order valence-corrected chi connectivity index (χ1v) is 8.94. The molecular formula is C24H21NO3. The molecule has 0 bridgehead atoms. The lowest BCUT2D eigenvalue weighted by molar-refractivity contribution is -0.115. The van der Waals surface area contributed by atoms with Crippen molar-refractivity contribution in [2.75, 3.05) is 0 Å². The molecule has 0 aromatic heterocycles. The highest BCUT2D eigenvalue weighted by molar-refractivity contribution is 6.14. The molecule has 3 aromatic carbocycles. The summed E-state index contributed by atoms with van der Waals surface area (Å²) in [6, 6.07) is 27.2. The Hall–Kier alpha value is -3.66. The van der Waals surface area contributed by atoms with Crippen LogP contribution in [-0.2, 0) is 4.79 Å². The zero-order valence-corrected chi connectivity index (χ0v) is 15.5. The zero-order valence-electron chi connectivity index (χ0n) is 15.5. The molecule has 1 aliphatic heterocycles. The highest BCUT2D eigenvalue weighted by atomic mass is 16.5. The van der Waals surface area contributed by atoms with Crippen LogP contribution in [0.2, 0.25) is 0 Å². The van der Waals surface area contributed by atoms with E-state index in [1.165, 1.54) is 6.92 Å². The maximum atomic E-state index is 13.1. The van der Waals surface area contributed by atoms with Crippen LogP contribution >= 0.6 is 0 Å². The first-order valence-electron chi connectivity index (χ1n) is 8.94. The van der Waals surface area contributed by atoms with E-state index in [0.717, 1.165) is 11.1 Å². The second kappa shape index (κ2) is 8.82. The molecule has 0 spiro atoms. The van der Waals surface area contributed by atoms with E-state index < -0.39 is 6.10 Å². The molecule has 4 heteroatoms. The van der Waals surface area contributed by atoms with E-state index in [4.69, 9.17) is 4.74 Å². The fourth-order valence-corrected chi connectivity index (χ4v) is 2.97. The predicted octanol–water partition coefficient (Wildman–Crippen LogP) is 4.58. The van der Waals surface area contributed by atoms with Gasteiger partial charge in [0.05, 0.1) is 5.56 Å². The number of primary amides is 1. The second-order valence-electron chi connectivity index (χ2n) is 6.35. The number of carbonyl (C=O) groups excluding carboxylic acids is 2. The average Bonchev–Trinajstić information content (AvgIpc) is 2.71. The van der Waals surface area contributed by atoms with Crippen molar-refractivity contribution in [3.63, 3.8) is 0 Å². The van der Waals surface area contributed by atoms with E-state index in [1.54, 1.807) is 0 Å². The number of Topliss-reactive ketones (excluding diaryl/α,β-unsaturated/α-hetero) is 1. The van der Waals surface area contributed by atoms with Gasteiger partial charge in [-0.3, -0.25) is 9.59 Å². The van der Waals surface area contributed by atoms with E-state index in [0.29, 0.717) is 16.9 Å². The zero-order chi connectivity index (χ0) is 19.9. The molecule has 1 heterocycles. The number of amides is 1. The first kappa shape index (κ1) is 19.1. The van der Waals surface area contributed by atoms with Crippen molar-refractivity contribution in [1.29, 1.82) is 0 Å². The minimum absolute atomic E-state index is 0.0227. The fourth-order valence-electron chi connectivity index (χ4n) is 2.97. The summed E-state index contributed by atoms with van der Waals surface area (Å²) >= 11 is 0. The number of nitrogens with two attached hydrogens (primary N) is 1. The number of fused-ring (bicyclic) bond motifs is 1. The van der Waals surface area contributed by atoms with Crippen LogP contribution in [0.1, 0.15) is 34.5 Å². The normalized spacial score (nSPS) is 16.4. The third-order valence-corrected chi connectivity index (χ3v) is 4.15. The van der Waals surface area contributed by atoms with Crippen molar-refractivity contribution >= 4 is 17.8 Å². The van der Waals surface area contributed by atoms with Gasteiger partial charge >= 0.3 is 0 Å². The Morgan fingerprint density at radius 1 is 0.893 bits per heavy atom. The van der Waals surface area contributed by atoms with Gasteiger partial charge in [-0.25, -0.2) is 0 Å². The summed E-state index contributed by atoms with van der Waals surface area (Å²) in [7, 11) is 0. The van der Waals surface area contributed by atoms with Gasteiger partial charge in [0, 0.05) is 12.5 Å². The Kier molecular flexibility index (Phi) is 6.02. The molecule has 0 saturated carbocycles. The summed E-state index contributed by atoms with van der Waals surface area (Å²) in [6.07, 6.45) is 1.53. The van der Waals surface area contributed by atoms with Gasteiger partial charge in [-0.1, -0.05) is 72.8 Å². The van der Waals surface area contributed by atoms with E-state index in [9.17, 15) is 9.59 Å². The Balaban J connectivity index is 0.000000516. The number of ketones is 1. The lowest BCUT2D eigenvalue weighted by Crippen LogP contribution is -2.23. The standard InChI is InChI=1S/C22H16O2.C2H5NO/c23-21-18-13-7-8-14-20(18)24-22(17-11-5-2-6-12-17)19(21)15-16-9-3-1-4-10-16;1-2(3)4/h1-15,22H;1H3,(H2,3,4). The topological polar surface area (TPSA) is 69.4 Å². The summed E-state index contributed by atoms with van der Waals surface area (Å²) in [4.78, 5) is 22.3. The first-order chi connectivity index (χ1) is 13.6. The van der Waals surface area contributed by atoms with Gasteiger partial charge in [0.25, 0.3) is 0 Å². The Labute approximate surface area is 164 Å². The molecule has 0 saturated heterocycles. The average molecular weight is 371 g/mol. The van der Waals surface area contributed by atoms with Gasteiger partial charge in [-0.2, -0.15) is 0 Å². The number of hydrogen-bond acceptors (Lipinski definition) is 3. The SMILES string of the molecule is CC(N)=O.O=C1C(=Cc2ccccc2)C(c2ccccc2)Oc2ccccc21. The van der Waals surface area contributed by atoms with Crippen LogP contribution in [0.5, 0.6) is 5.75 Å². The fraction of sp³-hybridized carbons (Fsp3) is 0.0833. The minimum atomic E-state index is -0.395. The molecule has 0 fully saturated rings. The van der Waals surface area contributed by atoms with Crippen LogP contribution < -0.4 is 10.5 Å². The molecule has 0 radical (unpaired) electrons. The molecule has 28 heavy (non-hydrogen) atoms. The molecule has 140 valence electrons. The maximum Gasteiger partial charge on any atom is 0.214 e. The van der Waals surface area contributed by atoms with E-state index in [2.05, 4.69) is 5.73 Å². The van der Waals surface area contributed by atoms with E-state index in [1.807, 2.05) is 91.0 Å². The monoisotopic (exact) mass is 371 g/mol. The van der Waals surface area contributed by atoms with Gasteiger partial charge < -0.3 is 10.5 Å².